The first kappa shape index (κ1) is 6.86. The van der Waals surface area contributed by atoms with Gasteiger partial charge >= 0.3 is 69.5 Å². The van der Waals surface area contributed by atoms with Crippen molar-refractivity contribution in [2.24, 2.45) is 0 Å². The van der Waals surface area contributed by atoms with E-state index in [9.17, 15) is 0 Å². The molecule has 0 N–H and O–H groups in total. The van der Waals surface area contributed by atoms with Crippen LogP contribution in [0.1, 0.15) is 0 Å². The van der Waals surface area contributed by atoms with Gasteiger partial charge < -0.3 is 0 Å². The molecule has 43 valence electrons. The monoisotopic (exact) mass is 317 g/mol. The second kappa shape index (κ2) is 2.56. The first-order chi connectivity index (χ1) is 3.72. The van der Waals surface area contributed by atoms with Crippen molar-refractivity contribution in [2.45, 2.75) is 5.38 Å². The molecule has 0 spiro atoms. The summed E-state index contributed by atoms with van der Waals surface area (Å²) in [6.07, 6.45) is 3.74. The third-order valence-corrected chi connectivity index (χ3v) is 4.26. The number of rotatable bonds is 0. The Morgan fingerprint density at radius 2 is 2.25 bits per heavy atom. The van der Waals surface area contributed by atoms with Gasteiger partial charge in [0.25, 0.3) is 0 Å². The molecule has 1 aliphatic rings. The third-order valence-electron chi connectivity index (χ3n) is 0.897. The van der Waals surface area contributed by atoms with Gasteiger partial charge in [0.2, 0.25) is 0 Å². The van der Waals surface area contributed by atoms with Crippen molar-refractivity contribution in [3.63, 3.8) is 0 Å². The average molecular weight is 318 g/mol. The molecule has 0 saturated heterocycles. The average Bonchev–Trinajstić information content (AvgIpc) is 1.98. The van der Waals surface area contributed by atoms with E-state index in [0.717, 1.165) is 9.00 Å². The van der Waals surface area contributed by atoms with Crippen molar-refractivity contribution < 1.29 is 19.8 Å². The van der Waals surface area contributed by atoms with Gasteiger partial charge in [0.1, 0.15) is 0 Å². The van der Waals surface area contributed by atoms with Crippen LogP contribution >= 0.6 is 23.2 Å². The quantitative estimate of drug-likeness (QED) is 0.601. The van der Waals surface area contributed by atoms with E-state index in [0.29, 0.717) is 0 Å². The van der Waals surface area contributed by atoms with Crippen LogP contribution in [0.2, 0.25) is 0 Å². The molecule has 0 radical (unpaired) electrons. The van der Waals surface area contributed by atoms with E-state index in [-0.39, 0.29) is 5.38 Å². The van der Waals surface area contributed by atoms with Crippen LogP contribution in [-0.2, 0) is 19.8 Å². The van der Waals surface area contributed by atoms with Crippen LogP contribution in [-0.4, -0.2) is 5.38 Å². The van der Waals surface area contributed by atoms with E-state index in [2.05, 4.69) is 0 Å². The van der Waals surface area contributed by atoms with E-state index in [4.69, 9.17) is 23.2 Å². The summed E-state index contributed by atoms with van der Waals surface area (Å²) in [7, 11) is 0. The zero-order valence-corrected chi connectivity index (χ0v) is 8.34. The van der Waals surface area contributed by atoms with Crippen LogP contribution in [0.4, 0.5) is 0 Å². The topological polar surface area (TPSA) is 0 Å². The summed E-state index contributed by atoms with van der Waals surface area (Å²) in [5, 5.41) is 0.887. The van der Waals surface area contributed by atoms with Crippen molar-refractivity contribution >= 4 is 23.2 Å². The second-order valence-corrected chi connectivity index (χ2v) is 3.93. The Labute approximate surface area is 69.4 Å². The fourth-order valence-corrected chi connectivity index (χ4v) is 1.43. The molecule has 0 fully saturated rings. The number of hydrogen-bond acceptors (Lipinski definition) is 0. The van der Waals surface area contributed by atoms with E-state index in [1.807, 2.05) is 12.2 Å². The minimum absolute atomic E-state index is 0.0671. The molecule has 3 heteroatoms. The summed E-state index contributed by atoms with van der Waals surface area (Å²) in [6.45, 7) is 0. The normalized spacial score (nSPS) is 27.5. The van der Waals surface area contributed by atoms with Crippen molar-refractivity contribution in [3.8, 4) is 0 Å². The SMILES string of the molecule is ClC1=[C]([W])C(Cl)C=C1. The fourth-order valence-electron chi connectivity index (χ4n) is 0.470. The number of allylic oxidation sites excluding steroid dienone is 4. The van der Waals surface area contributed by atoms with Gasteiger partial charge in [-0.3, -0.25) is 0 Å². The fraction of sp³-hybridized carbons (Fsp3) is 0.200. The van der Waals surface area contributed by atoms with Crippen LogP contribution < -0.4 is 0 Å². The summed E-state index contributed by atoms with van der Waals surface area (Å²) >= 11 is 12.8. The van der Waals surface area contributed by atoms with Gasteiger partial charge in [-0.05, 0) is 0 Å². The maximum absolute atomic E-state index is 5.75. The number of alkyl halides is 1. The number of hydrogen-bond donors (Lipinski definition) is 0. The van der Waals surface area contributed by atoms with Crippen LogP contribution in [0, 0.1) is 0 Å². The molecular weight excluding hydrogens is 315 g/mol. The molecule has 0 aliphatic heterocycles. The van der Waals surface area contributed by atoms with Crippen molar-refractivity contribution in [1.82, 2.24) is 0 Å². The summed E-state index contributed by atoms with van der Waals surface area (Å²) in [5.41, 5.74) is 0. The molecule has 0 aromatic carbocycles. The Hall–Kier alpha value is 0.748. The van der Waals surface area contributed by atoms with Gasteiger partial charge in [0.05, 0.1) is 0 Å². The molecule has 0 aromatic heterocycles. The van der Waals surface area contributed by atoms with Crippen LogP contribution in [0.3, 0.4) is 0 Å². The molecule has 0 aromatic rings. The van der Waals surface area contributed by atoms with Gasteiger partial charge in [-0.2, -0.15) is 0 Å². The molecule has 0 saturated carbocycles. The van der Waals surface area contributed by atoms with Gasteiger partial charge in [-0.1, -0.05) is 0 Å². The molecule has 1 aliphatic carbocycles. The molecule has 0 amide bonds. The summed E-state index contributed by atoms with van der Waals surface area (Å²) in [4.78, 5) is 0. The molecule has 1 rings (SSSR count). The molecule has 8 heavy (non-hydrogen) atoms. The Kier molecular flexibility index (Phi) is 2.19. The van der Waals surface area contributed by atoms with Gasteiger partial charge in [-0.15, -0.1) is 0 Å². The Morgan fingerprint density at radius 1 is 1.62 bits per heavy atom. The minimum atomic E-state index is 0.0671. The summed E-state index contributed by atoms with van der Waals surface area (Å²) < 4.78 is 1.13. The zero-order chi connectivity index (χ0) is 6.15. The Bertz CT molecular complexity index is 160. The van der Waals surface area contributed by atoms with Crippen LogP contribution in [0.25, 0.3) is 0 Å². The van der Waals surface area contributed by atoms with Gasteiger partial charge in [-0.25, -0.2) is 0 Å². The molecule has 0 heterocycles. The number of halogens is 2. The van der Waals surface area contributed by atoms with Crippen molar-refractivity contribution in [1.29, 1.82) is 0 Å². The predicted octanol–water partition coefficient (Wildman–Crippen LogP) is 2.16. The third kappa shape index (κ3) is 1.18. The van der Waals surface area contributed by atoms with Gasteiger partial charge in [0, 0.05) is 0 Å². The standard InChI is InChI=1S/C5H3Cl2.W/c6-4-1-2-5(7)3-4;/h1-2,4H;. The first-order valence-electron chi connectivity index (χ1n) is 2.11. The molecule has 0 bridgehead atoms. The van der Waals surface area contributed by atoms with E-state index in [1.54, 1.807) is 0 Å². The summed E-state index contributed by atoms with van der Waals surface area (Å²) in [5.74, 6) is 0. The summed E-state index contributed by atoms with van der Waals surface area (Å²) in [6, 6.07) is 0. The van der Waals surface area contributed by atoms with E-state index >= 15 is 0 Å². The zero-order valence-electron chi connectivity index (χ0n) is 3.90. The predicted molar refractivity (Wildman–Crippen MR) is 31.7 cm³/mol. The Morgan fingerprint density at radius 3 is 2.38 bits per heavy atom. The maximum atomic E-state index is 5.75. The first-order valence-corrected chi connectivity index (χ1v) is 4.39. The van der Waals surface area contributed by atoms with Crippen molar-refractivity contribution in [3.05, 3.63) is 21.1 Å². The molecular formula is C5H3Cl2W. The second-order valence-electron chi connectivity index (χ2n) is 1.47. The van der Waals surface area contributed by atoms with E-state index < -0.39 is 0 Å². The van der Waals surface area contributed by atoms with Crippen molar-refractivity contribution in [2.75, 3.05) is 0 Å². The Balaban J connectivity index is 2.85. The molecule has 1 unspecified atom stereocenters. The molecule has 1 atom stereocenters. The van der Waals surface area contributed by atoms with Gasteiger partial charge in [0.15, 0.2) is 0 Å². The van der Waals surface area contributed by atoms with E-state index in [1.165, 1.54) is 19.8 Å². The van der Waals surface area contributed by atoms with Crippen LogP contribution in [0.5, 0.6) is 0 Å². The van der Waals surface area contributed by atoms with Crippen LogP contribution in [0.15, 0.2) is 21.1 Å². The molecule has 0 nitrogen and oxygen atoms in total.